The molecule has 0 aromatic heterocycles. The fraction of sp³-hybridized carbons (Fsp3) is 1.00. The normalized spacial score (nSPS) is 15.3. The Labute approximate surface area is 70.0 Å². The first-order valence-corrected chi connectivity index (χ1v) is 4.52. The van der Waals surface area contributed by atoms with E-state index in [9.17, 15) is 0 Å². The van der Waals surface area contributed by atoms with Gasteiger partial charge >= 0.3 is 0 Å². The van der Waals surface area contributed by atoms with E-state index < -0.39 is 0 Å². The van der Waals surface area contributed by atoms with Crippen LogP contribution in [0, 0.1) is 5.92 Å². The van der Waals surface area contributed by atoms with Crippen LogP contribution in [0.25, 0.3) is 0 Å². The Hall–Kier alpha value is 0.290. The van der Waals surface area contributed by atoms with Gasteiger partial charge < -0.3 is 0 Å². The molecule has 0 saturated carbocycles. The lowest BCUT2D eigenvalue weighted by Crippen LogP contribution is -2.11. The van der Waals surface area contributed by atoms with E-state index in [0.717, 1.165) is 12.3 Å². The van der Waals surface area contributed by atoms with Crippen molar-refractivity contribution in [1.82, 2.24) is 0 Å². The van der Waals surface area contributed by atoms with Crippen LogP contribution in [-0.4, -0.2) is 4.87 Å². The van der Waals surface area contributed by atoms with Gasteiger partial charge in [0.25, 0.3) is 0 Å². The topological polar surface area (TPSA) is 0 Å². The lowest BCUT2D eigenvalue weighted by atomic mass is 9.97. The second-order valence-electron chi connectivity index (χ2n) is 3.77. The molecule has 0 N–H and O–H groups in total. The average molecular weight is 163 g/mol. The van der Waals surface area contributed by atoms with Crippen LogP contribution < -0.4 is 0 Å². The number of alkyl halides is 1. The Bertz CT molecular complexity index is 81.2. The highest BCUT2D eigenvalue weighted by atomic mass is 35.5. The number of rotatable bonds is 4. The summed E-state index contributed by atoms with van der Waals surface area (Å²) in [7, 11) is 0. The maximum atomic E-state index is 6.03. The SMILES string of the molecule is CCC(C)CCC(C)(C)Cl. The number of halogens is 1. The predicted octanol–water partition coefficient (Wildman–Crippen LogP) is 3.83. The summed E-state index contributed by atoms with van der Waals surface area (Å²) < 4.78 is 0. The molecular weight excluding hydrogens is 144 g/mol. The molecule has 10 heavy (non-hydrogen) atoms. The molecule has 0 aromatic rings. The number of hydrogen-bond acceptors (Lipinski definition) is 0. The Balaban J connectivity index is 3.36. The lowest BCUT2D eigenvalue weighted by molar-refractivity contribution is 0.456. The minimum Gasteiger partial charge on any atom is -0.120 e. The highest BCUT2D eigenvalue weighted by Crippen LogP contribution is 2.23. The van der Waals surface area contributed by atoms with E-state index in [1.165, 1.54) is 12.8 Å². The molecule has 1 heteroatoms. The molecule has 0 aliphatic carbocycles. The van der Waals surface area contributed by atoms with Gasteiger partial charge in [0.2, 0.25) is 0 Å². The summed E-state index contributed by atoms with van der Waals surface area (Å²) in [5.41, 5.74) is 0. The van der Waals surface area contributed by atoms with Crippen LogP contribution in [0.5, 0.6) is 0 Å². The zero-order chi connectivity index (χ0) is 8.20. The first kappa shape index (κ1) is 10.3. The summed E-state index contributed by atoms with van der Waals surface area (Å²) in [6, 6.07) is 0. The molecule has 0 amide bonds. The maximum Gasteiger partial charge on any atom is 0.0390 e. The largest absolute Gasteiger partial charge is 0.120 e. The quantitative estimate of drug-likeness (QED) is 0.552. The Morgan fingerprint density at radius 2 is 1.90 bits per heavy atom. The van der Waals surface area contributed by atoms with Gasteiger partial charge in [-0.05, 0) is 32.6 Å². The van der Waals surface area contributed by atoms with Crippen molar-refractivity contribution >= 4 is 11.6 Å². The monoisotopic (exact) mass is 162 g/mol. The van der Waals surface area contributed by atoms with Crippen LogP contribution in [0.15, 0.2) is 0 Å². The van der Waals surface area contributed by atoms with E-state index in [1.807, 2.05) is 0 Å². The van der Waals surface area contributed by atoms with Gasteiger partial charge in [-0.1, -0.05) is 20.3 Å². The molecule has 0 fully saturated rings. The van der Waals surface area contributed by atoms with Gasteiger partial charge in [0, 0.05) is 4.87 Å². The first-order chi connectivity index (χ1) is 4.45. The average Bonchev–Trinajstić information content (AvgIpc) is 1.81. The standard InChI is InChI=1S/C9H19Cl/c1-5-8(2)6-7-9(3,4)10/h8H,5-7H2,1-4H3. The zero-order valence-electron chi connectivity index (χ0n) is 7.58. The van der Waals surface area contributed by atoms with Crippen molar-refractivity contribution < 1.29 is 0 Å². The lowest BCUT2D eigenvalue weighted by Gasteiger charge is -2.17. The minimum atomic E-state index is 0.00340. The summed E-state index contributed by atoms with van der Waals surface area (Å²) in [6.45, 7) is 8.67. The maximum absolute atomic E-state index is 6.03. The van der Waals surface area contributed by atoms with E-state index in [1.54, 1.807) is 0 Å². The second kappa shape index (κ2) is 4.23. The molecule has 0 aliphatic heterocycles. The van der Waals surface area contributed by atoms with Gasteiger partial charge in [-0.2, -0.15) is 0 Å². The zero-order valence-corrected chi connectivity index (χ0v) is 8.33. The van der Waals surface area contributed by atoms with Crippen LogP contribution in [0.3, 0.4) is 0 Å². The van der Waals surface area contributed by atoms with E-state index >= 15 is 0 Å². The Morgan fingerprint density at radius 1 is 1.40 bits per heavy atom. The molecule has 1 atom stereocenters. The molecule has 0 radical (unpaired) electrons. The molecule has 0 saturated heterocycles. The fourth-order valence-electron chi connectivity index (χ4n) is 0.794. The Morgan fingerprint density at radius 3 is 2.20 bits per heavy atom. The molecule has 0 aliphatic rings. The molecule has 0 nitrogen and oxygen atoms in total. The first-order valence-electron chi connectivity index (χ1n) is 4.14. The predicted molar refractivity (Wildman–Crippen MR) is 48.6 cm³/mol. The van der Waals surface area contributed by atoms with Gasteiger partial charge in [0.1, 0.15) is 0 Å². The van der Waals surface area contributed by atoms with E-state index in [0.29, 0.717) is 0 Å². The minimum absolute atomic E-state index is 0.00340. The molecule has 0 bridgehead atoms. The summed E-state index contributed by atoms with van der Waals surface area (Å²) in [5, 5.41) is 0. The van der Waals surface area contributed by atoms with Crippen molar-refractivity contribution in [3.8, 4) is 0 Å². The summed E-state index contributed by atoms with van der Waals surface area (Å²) in [4.78, 5) is 0.00340. The van der Waals surface area contributed by atoms with Crippen molar-refractivity contribution in [3.05, 3.63) is 0 Å². The Kier molecular flexibility index (Phi) is 4.35. The van der Waals surface area contributed by atoms with Gasteiger partial charge in [-0.15, -0.1) is 11.6 Å². The van der Waals surface area contributed by atoms with E-state index in [4.69, 9.17) is 11.6 Å². The van der Waals surface area contributed by atoms with E-state index in [2.05, 4.69) is 27.7 Å². The number of hydrogen-bond donors (Lipinski definition) is 0. The van der Waals surface area contributed by atoms with Crippen LogP contribution in [0.4, 0.5) is 0 Å². The van der Waals surface area contributed by atoms with Gasteiger partial charge in [0.15, 0.2) is 0 Å². The molecule has 0 rings (SSSR count). The summed E-state index contributed by atoms with van der Waals surface area (Å²) in [6.07, 6.45) is 3.66. The highest BCUT2D eigenvalue weighted by molar-refractivity contribution is 6.23. The fourth-order valence-corrected chi connectivity index (χ4v) is 0.903. The third kappa shape index (κ3) is 6.41. The molecule has 62 valence electrons. The van der Waals surface area contributed by atoms with Gasteiger partial charge in [0.05, 0.1) is 0 Å². The van der Waals surface area contributed by atoms with Crippen molar-refractivity contribution in [1.29, 1.82) is 0 Å². The highest BCUT2D eigenvalue weighted by Gasteiger charge is 2.13. The van der Waals surface area contributed by atoms with Crippen molar-refractivity contribution in [2.45, 2.75) is 51.8 Å². The molecular formula is C9H19Cl. The smallest absolute Gasteiger partial charge is 0.0390 e. The van der Waals surface area contributed by atoms with Crippen LogP contribution >= 0.6 is 11.6 Å². The molecule has 0 spiro atoms. The molecule has 1 unspecified atom stereocenters. The van der Waals surface area contributed by atoms with Crippen molar-refractivity contribution in [3.63, 3.8) is 0 Å². The third-order valence-corrected chi connectivity index (χ3v) is 2.12. The van der Waals surface area contributed by atoms with Gasteiger partial charge in [-0.3, -0.25) is 0 Å². The summed E-state index contributed by atoms with van der Waals surface area (Å²) in [5.74, 6) is 0.832. The summed E-state index contributed by atoms with van der Waals surface area (Å²) >= 11 is 6.03. The molecule has 0 aromatic carbocycles. The van der Waals surface area contributed by atoms with Crippen LogP contribution in [-0.2, 0) is 0 Å². The molecule has 0 heterocycles. The van der Waals surface area contributed by atoms with Crippen LogP contribution in [0.2, 0.25) is 0 Å². The second-order valence-corrected chi connectivity index (χ2v) is 4.79. The van der Waals surface area contributed by atoms with Gasteiger partial charge in [-0.25, -0.2) is 0 Å². The van der Waals surface area contributed by atoms with Crippen molar-refractivity contribution in [2.24, 2.45) is 5.92 Å². The van der Waals surface area contributed by atoms with Crippen molar-refractivity contribution in [2.75, 3.05) is 0 Å². The van der Waals surface area contributed by atoms with Crippen LogP contribution in [0.1, 0.15) is 47.0 Å². The third-order valence-electron chi connectivity index (χ3n) is 1.93. The van der Waals surface area contributed by atoms with E-state index in [-0.39, 0.29) is 4.87 Å².